The Hall–Kier alpha value is -1.64. The Kier molecular flexibility index (Phi) is 3.74. The molecule has 4 rings (SSSR count). The third-order valence-corrected chi connectivity index (χ3v) is 5.87. The van der Waals surface area contributed by atoms with Crippen molar-refractivity contribution in [2.45, 2.75) is 62.9 Å². The van der Waals surface area contributed by atoms with Crippen molar-refractivity contribution in [3.8, 4) is 0 Å². The summed E-state index contributed by atoms with van der Waals surface area (Å²) < 4.78 is 5.79. The molecule has 2 unspecified atom stereocenters. The smallest absolute Gasteiger partial charge is 0.318 e. The van der Waals surface area contributed by atoms with E-state index in [2.05, 4.69) is 12.1 Å². The number of benzene rings is 1. The highest BCUT2D eigenvalue weighted by Gasteiger charge is 2.59. The van der Waals surface area contributed by atoms with E-state index in [1.54, 1.807) is 0 Å². The summed E-state index contributed by atoms with van der Waals surface area (Å²) in [7, 11) is 0. The van der Waals surface area contributed by atoms with Gasteiger partial charge in [-0.1, -0.05) is 43.2 Å². The fraction of sp³-hybridized carbons (Fsp3) is 0.600. The Morgan fingerprint density at radius 3 is 2.22 bits per heavy atom. The first-order valence-electron chi connectivity index (χ1n) is 9.03. The van der Waals surface area contributed by atoms with Crippen molar-refractivity contribution in [2.24, 2.45) is 11.8 Å². The predicted molar refractivity (Wildman–Crippen MR) is 86.9 cm³/mol. The third-order valence-electron chi connectivity index (χ3n) is 5.87. The second-order valence-electron chi connectivity index (χ2n) is 7.45. The minimum Gasteiger partial charge on any atom is -0.450 e. The number of Topliss-reactive ketones (excluding diaryl/α,β-unsaturated/α-hetero) is 1. The summed E-state index contributed by atoms with van der Waals surface area (Å²) in [4.78, 5) is 25.9. The topological polar surface area (TPSA) is 43.4 Å². The largest absolute Gasteiger partial charge is 0.450 e. The SMILES string of the molecule is O=C1OC2(CCCCCC2)C(=O)C1C(c1ccccc1)C1CC1. The zero-order valence-electron chi connectivity index (χ0n) is 13.5. The van der Waals surface area contributed by atoms with Gasteiger partial charge in [0.1, 0.15) is 5.92 Å². The van der Waals surface area contributed by atoms with Crippen molar-refractivity contribution in [3.05, 3.63) is 35.9 Å². The van der Waals surface area contributed by atoms with Crippen LogP contribution in [0.1, 0.15) is 62.8 Å². The molecule has 0 N–H and O–H groups in total. The van der Waals surface area contributed by atoms with Crippen LogP contribution in [0.25, 0.3) is 0 Å². The first kappa shape index (κ1) is 14.9. The molecule has 2 aliphatic carbocycles. The van der Waals surface area contributed by atoms with Gasteiger partial charge in [-0.3, -0.25) is 9.59 Å². The molecule has 1 saturated heterocycles. The maximum atomic E-state index is 13.2. The lowest BCUT2D eigenvalue weighted by Gasteiger charge is -2.25. The van der Waals surface area contributed by atoms with Crippen LogP contribution >= 0.6 is 0 Å². The molecule has 0 aromatic heterocycles. The first-order chi connectivity index (χ1) is 11.2. The van der Waals surface area contributed by atoms with Crippen LogP contribution in [-0.2, 0) is 14.3 Å². The molecular weight excluding hydrogens is 288 g/mol. The van der Waals surface area contributed by atoms with Crippen molar-refractivity contribution in [2.75, 3.05) is 0 Å². The molecule has 1 aromatic rings. The quantitative estimate of drug-likeness (QED) is 0.625. The van der Waals surface area contributed by atoms with Crippen LogP contribution in [-0.4, -0.2) is 17.4 Å². The average molecular weight is 312 g/mol. The zero-order chi connectivity index (χ0) is 15.9. The molecule has 2 atom stereocenters. The van der Waals surface area contributed by atoms with E-state index in [0.29, 0.717) is 5.92 Å². The van der Waals surface area contributed by atoms with Crippen LogP contribution in [0.5, 0.6) is 0 Å². The lowest BCUT2D eigenvalue weighted by molar-refractivity contribution is -0.154. The number of ketones is 1. The summed E-state index contributed by atoms with van der Waals surface area (Å²) in [5.74, 6) is -0.301. The van der Waals surface area contributed by atoms with E-state index in [-0.39, 0.29) is 17.7 Å². The van der Waals surface area contributed by atoms with Gasteiger partial charge in [-0.15, -0.1) is 0 Å². The molecule has 1 aromatic carbocycles. The van der Waals surface area contributed by atoms with Crippen LogP contribution in [0.2, 0.25) is 0 Å². The number of carbonyl (C=O) groups excluding carboxylic acids is 2. The number of rotatable bonds is 3. The Labute approximate surface area is 137 Å². The average Bonchev–Trinajstić information content (AvgIpc) is 3.37. The standard InChI is InChI=1S/C20H24O3/c21-18-17(16(15-10-11-15)14-8-4-3-5-9-14)19(22)23-20(18)12-6-1-2-7-13-20/h3-5,8-9,15-17H,1-2,6-7,10-13H2. The molecule has 0 amide bonds. The fourth-order valence-electron chi connectivity index (χ4n) is 4.52. The van der Waals surface area contributed by atoms with Gasteiger partial charge >= 0.3 is 5.97 Å². The van der Waals surface area contributed by atoms with Crippen molar-refractivity contribution in [1.29, 1.82) is 0 Å². The van der Waals surface area contributed by atoms with E-state index in [1.165, 1.54) is 0 Å². The van der Waals surface area contributed by atoms with E-state index in [4.69, 9.17) is 4.74 Å². The molecule has 3 aliphatic rings. The van der Waals surface area contributed by atoms with Crippen molar-refractivity contribution in [1.82, 2.24) is 0 Å². The Balaban J connectivity index is 1.67. The van der Waals surface area contributed by atoms with Crippen molar-refractivity contribution < 1.29 is 14.3 Å². The van der Waals surface area contributed by atoms with E-state index in [9.17, 15) is 9.59 Å². The molecule has 0 radical (unpaired) electrons. The number of carbonyl (C=O) groups is 2. The summed E-state index contributed by atoms with van der Waals surface area (Å²) in [5.41, 5.74) is 0.316. The Morgan fingerprint density at radius 2 is 1.61 bits per heavy atom. The van der Waals surface area contributed by atoms with Gasteiger partial charge in [0.25, 0.3) is 0 Å². The minimum absolute atomic E-state index is 0.0128. The van der Waals surface area contributed by atoms with Crippen LogP contribution in [0, 0.1) is 11.8 Å². The highest BCUT2D eigenvalue weighted by Crippen LogP contribution is 2.51. The number of hydrogen-bond acceptors (Lipinski definition) is 3. The van der Waals surface area contributed by atoms with Crippen LogP contribution in [0.4, 0.5) is 0 Å². The highest BCUT2D eigenvalue weighted by atomic mass is 16.6. The van der Waals surface area contributed by atoms with Crippen molar-refractivity contribution >= 4 is 11.8 Å². The van der Waals surface area contributed by atoms with Crippen LogP contribution in [0.3, 0.4) is 0 Å². The number of ether oxygens (including phenoxy) is 1. The summed E-state index contributed by atoms with van der Waals surface area (Å²) in [6, 6.07) is 10.1. The molecule has 1 aliphatic heterocycles. The number of hydrogen-bond donors (Lipinski definition) is 0. The summed E-state index contributed by atoms with van der Waals surface area (Å²) >= 11 is 0. The zero-order valence-corrected chi connectivity index (χ0v) is 13.5. The summed E-state index contributed by atoms with van der Waals surface area (Å²) in [5, 5.41) is 0. The van der Waals surface area contributed by atoms with E-state index >= 15 is 0 Å². The lowest BCUT2D eigenvalue weighted by Crippen LogP contribution is -2.38. The predicted octanol–water partition coefficient (Wildman–Crippen LogP) is 4.02. The van der Waals surface area contributed by atoms with Gasteiger partial charge in [-0.25, -0.2) is 0 Å². The van der Waals surface area contributed by atoms with Gasteiger partial charge in [0.05, 0.1) is 0 Å². The fourth-order valence-corrected chi connectivity index (χ4v) is 4.52. The molecule has 23 heavy (non-hydrogen) atoms. The van der Waals surface area contributed by atoms with Crippen LogP contribution in [0.15, 0.2) is 30.3 Å². The second-order valence-corrected chi connectivity index (χ2v) is 7.45. The van der Waals surface area contributed by atoms with Gasteiger partial charge in [0.2, 0.25) is 0 Å². The number of esters is 1. The molecule has 1 spiro atoms. The molecule has 0 bridgehead atoms. The van der Waals surface area contributed by atoms with Gasteiger partial charge in [0.15, 0.2) is 11.4 Å². The van der Waals surface area contributed by atoms with Gasteiger partial charge in [0, 0.05) is 5.92 Å². The minimum atomic E-state index is -0.805. The molecule has 122 valence electrons. The molecular formula is C20H24O3. The molecule has 3 fully saturated rings. The highest BCUT2D eigenvalue weighted by molar-refractivity contribution is 6.10. The van der Waals surface area contributed by atoms with Crippen molar-refractivity contribution in [3.63, 3.8) is 0 Å². The van der Waals surface area contributed by atoms with E-state index in [1.807, 2.05) is 18.2 Å². The Morgan fingerprint density at radius 1 is 0.957 bits per heavy atom. The molecule has 2 saturated carbocycles. The van der Waals surface area contributed by atoms with E-state index in [0.717, 1.165) is 56.9 Å². The first-order valence-corrected chi connectivity index (χ1v) is 9.03. The maximum Gasteiger partial charge on any atom is 0.318 e. The normalized spacial score (nSPS) is 28.4. The second kappa shape index (κ2) is 5.77. The molecule has 3 nitrogen and oxygen atoms in total. The molecule has 3 heteroatoms. The maximum absolute atomic E-state index is 13.2. The van der Waals surface area contributed by atoms with Crippen LogP contribution < -0.4 is 0 Å². The Bertz CT molecular complexity index is 595. The summed E-state index contributed by atoms with van der Waals surface area (Å²) in [6.07, 6.45) is 7.94. The lowest BCUT2D eigenvalue weighted by atomic mass is 9.76. The van der Waals surface area contributed by atoms with Gasteiger partial charge < -0.3 is 4.74 Å². The molecule has 1 heterocycles. The monoisotopic (exact) mass is 312 g/mol. The summed E-state index contributed by atoms with van der Waals surface area (Å²) in [6.45, 7) is 0. The van der Waals surface area contributed by atoms with Gasteiger partial charge in [-0.05, 0) is 50.0 Å². The van der Waals surface area contributed by atoms with E-state index < -0.39 is 11.5 Å². The third kappa shape index (κ3) is 2.60. The van der Waals surface area contributed by atoms with Gasteiger partial charge in [-0.2, -0.15) is 0 Å².